The second-order valence-corrected chi connectivity index (χ2v) is 7.09. The molecule has 2 unspecified atom stereocenters. The van der Waals surface area contributed by atoms with Crippen molar-refractivity contribution in [3.05, 3.63) is 72.8 Å². The minimum Gasteiger partial charge on any atom is -0.491 e. The van der Waals surface area contributed by atoms with Crippen LogP contribution in [-0.2, 0) is 4.79 Å². The van der Waals surface area contributed by atoms with Crippen LogP contribution < -0.4 is 9.64 Å². The number of carbonyl (C=O) groups excluding carboxylic acids is 2. The van der Waals surface area contributed by atoms with Gasteiger partial charge in [-0.25, -0.2) is 4.79 Å². The fraction of sp³-hybridized carbons (Fsp3) is 0.217. The monoisotopic (exact) mass is 390 g/mol. The van der Waals surface area contributed by atoms with E-state index in [1.54, 1.807) is 19.1 Å². The lowest BCUT2D eigenvalue weighted by Gasteiger charge is -2.20. The summed E-state index contributed by atoms with van der Waals surface area (Å²) in [4.78, 5) is 27.9. The molecule has 1 aliphatic heterocycles. The number of anilines is 1. The molecule has 2 atom stereocenters. The summed E-state index contributed by atoms with van der Waals surface area (Å²) in [5, 5.41) is 12.5. The standard InChI is InChI=1S/C23H22N2O4/c1-16-22(27)24(23(28)25(16)19-9-3-2-4-10-19)14-20(26)15-29-21-12-11-17-7-5-6-8-18(17)13-21/h2-13,16,20,26H,14-15H2,1H3. The highest BCUT2D eigenvalue weighted by Crippen LogP contribution is 2.26. The Balaban J connectivity index is 1.40. The lowest BCUT2D eigenvalue weighted by Crippen LogP contribution is -2.40. The van der Waals surface area contributed by atoms with E-state index in [2.05, 4.69) is 0 Å². The lowest BCUT2D eigenvalue weighted by molar-refractivity contribution is -0.128. The Bertz CT molecular complexity index is 1040. The number of ether oxygens (including phenoxy) is 1. The summed E-state index contributed by atoms with van der Waals surface area (Å²) in [7, 11) is 0. The molecular formula is C23H22N2O4. The number of aliphatic hydroxyl groups is 1. The molecule has 3 aromatic rings. The zero-order chi connectivity index (χ0) is 20.4. The van der Waals surface area contributed by atoms with Crippen molar-refractivity contribution in [1.82, 2.24) is 4.90 Å². The first-order valence-corrected chi connectivity index (χ1v) is 9.54. The van der Waals surface area contributed by atoms with Crippen LogP contribution in [0.25, 0.3) is 10.8 Å². The van der Waals surface area contributed by atoms with Gasteiger partial charge in [0.15, 0.2) is 0 Å². The molecule has 0 saturated carbocycles. The zero-order valence-electron chi connectivity index (χ0n) is 16.1. The van der Waals surface area contributed by atoms with E-state index in [1.165, 1.54) is 4.90 Å². The number of aliphatic hydroxyl groups excluding tert-OH is 1. The summed E-state index contributed by atoms with van der Waals surface area (Å²) in [6, 6.07) is 21.6. The molecule has 6 nitrogen and oxygen atoms in total. The van der Waals surface area contributed by atoms with Crippen LogP contribution in [0, 0.1) is 0 Å². The Hall–Kier alpha value is -3.38. The number of rotatable bonds is 6. The number of fused-ring (bicyclic) bond motifs is 1. The number of hydrogen-bond donors (Lipinski definition) is 1. The molecule has 3 aromatic carbocycles. The van der Waals surface area contributed by atoms with Gasteiger partial charge >= 0.3 is 6.03 Å². The molecule has 1 N–H and O–H groups in total. The maximum Gasteiger partial charge on any atom is 0.332 e. The normalized spacial score (nSPS) is 17.8. The highest BCUT2D eigenvalue weighted by molar-refractivity contribution is 6.14. The van der Waals surface area contributed by atoms with Crippen LogP contribution in [0.2, 0.25) is 0 Å². The number of imide groups is 1. The minimum absolute atomic E-state index is 0.0187. The van der Waals surface area contributed by atoms with Crippen molar-refractivity contribution < 1.29 is 19.4 Å². The summed E-state index contributed by atoms with van der Waals surface area (Å²) in [5.74, 6) is 0.296. The van der Waals surface area contributed by atoms with E-state index in [9.17, 15) is 14.7 Å². The number of amides is 3. The molecule has 0 aliphatic carbocycles. The van der Waals surface area contributed by atoms with Gasteiger partial charge in [-0.05, 0) is 42.0 Å². The van der Waals surface area contributed by atoms with Crippen LogP contribution >= 0.6 is 0 Å². The Morgan fingerprint density at radius 3 is 2.41 bits per heavy atom. The van der Waals surface area contributed by atoms with E-state index in [1.807, 2.05) is 60.7 Å². The predicted octanol–water partition coefficient (Wildman–Crippen LogP) is 3.44. The Labute approximate surface area is 168 Å². The highest BCUT2D eigenvalue weighted by atomic mass is 16.5. The summed E-state index contributed by atoms with van der Waals surface area (Å²) >= 11 is 0. The van der Waals surface area contributed by atoms with Gasteiger partial charge in [0.2, 0.25) is 0 Å². The molecule has 0 radical (unpaired) electrons. The van der Waals surface area contributed by atoms with Crippen molar-refractivity contribution in [3.63, 3.8) is 0 Å². The van der Waals surface area contributed by atoms with Crippen LogP contribution in [-0.4, -0.2) is 47.2 Å². The number of hydrogen-bond acceptors (Lipinski definition) is 4. The first kappa shape index (κ1) is 19.0. The van der Waals surface area contributed by atoms with Gasteiger partial charge in [-0.1, -0.05) is 48.5 Å². The third-order valence-electron chi connectivity index (χ3n) is 5.04. The molecular weight excluding hydrogens is 368 g/mol. The SMILES string of the molecule is CC1C(=O)N(CC(O)COc2ccc3ccccc3c2)C(=O)N1c1ccccc1. The largest absolute Gasteiger partial charge is 0.491 e. The lowest BCUT2D eigenvalue weighted by atomic mass is 10.1. The van der Waals surface area contributed by atoms with Crippen LogP contribution in [0.5, 0.6) is 5.75 Å². The molecule has 6 heteroatoms. The quantitative estimate of drug-likeness (QED) is 0.655. The van der Waals surface area contributed by atoms with E-state index in [4.69, 9.17) is 4.74 Å². The van der Waals surface area contributed by atoms with Gasteiger partial charge in [0.25, 0.3) is 5.91 Å². The molecule has 1 fully saturated rings. The first-order valence-electron chi connectivity index (χ1n) is 9.54. The fourth-order valence-corrected chi connectivity index (χ4v) is 3.53. The molecule has 1 saturated heterocycles. The van der Waals surface area contributed by atoms with E-state index in [-0.39, 0.29) is 19.1 Å². The van der Waals surface area contributed by atoms with Crippen molar-refractivity contribution in [2.45, 2.75) is 19.1 Å². The number of nitrogens with zero attached hydrogens (tertiary/aromatic N) is 2. The van der Waals surface area contributed by atoms with Gasteiger partial charge in [0, 0.05) is 5.69 Å². The predicted molar refractivity (Wildman–Crippen MR) is 111 cm³/mol. The summed E-state index contributed by atoms with van der Waals surface area (Å²) in [6.07, 6.45) is -0.989. The molecule has 3 amide bonds. The van der Waals surface area contributed by atoms with Crippen molar-refractivity contribution in [2.75, 3.05) is 18.1 Å². The van der Waals surface area contributed by atoms with E-state index >= 15 is 0 Å². The molecule has 0 bridgehead atoms. The molecule has 1 heterocycles. The van der Waals surface area contributed by atoms with E-state index < -0.39 is 18.2 Å². The maximum atomic E-state index is 12.8. The number of β-amino-alcohol motifs (C(OH)–C–C–N with tert-alkyl or cyclic N) is 1. The van der Waals surface area contributed by atoms with Crippen molar-refractivity contribution in [3.8, 4) is 5.75 Å². The fourth-order valence-electron chi connectivity index (χ4n) is 3.53. The first-order chi connectivity index (χ1) is 14.0. The van der Waals surface area contributed by atoms with Crippen LogP contribution in [0.15, 0.2) is 72.8 Å². The Kier molecular flexibility index (Phi) is 5.18. The van der Waals surface area contributed by atoms with Crippen molar-refractivity contribution in [1.29, 1.82) is 0 Å². The topological polar surface area (TPSA) is 70.1 Å². The smallest absolute Gasteiger partial charge is 0.332 e. The second-order valence-electron chi connectivity index (χ2n) is 7.09. The van der Waals surface area contributed by atoms with Gasteiger partial charge in [0.1, 0.15) is 24.5 Å². The third kappa shape index (κ3) is 3.79. The molecule has 4 rings (SSSR count). The average molecular weight is 390 g/mol. The third-order valence-corrected chi connectivity index (χ3v) is 5.04. The number of benzene rings is 3. The van der Waals surface area contributed by atoms with Gasteiger partial charge in [-0.15, -0.1) is 0 Å². The van der Waals surface area contributed by atoms with Crippen LogP contribution in [0.3, 0.4) is 0 Å². The van der Waals surface area contributed by atoms with Gasteiger partial charge in [0.05, 0.1) is 6.54 Å². The van der Waals surface area contributed by atoms with Crippen molar-refractivity contribution in [2.24, 2.45) is 0 Å². The average Bonchev–Trinajstić information content (AvgIpc) is 2.96. The maximum absolute atomic E-state index is 12.8. The summed E-state index contributed by atoms with van der Waals surface area (Å²) in [6.45, 7) is 1.55. The highest BCUT2D eigenvalue weighted by Gasteiger charge is 2.43. The van der Waals surface area contributed by atoms with Gasteiger partial charge in [-0.3, -0.25) is 14.6 Å². The Morgan fingerprint density at radius 2 is 1.66 bits per heavy atom. The molecule has 1 aliphatic rings. The van der Waals surface area contributed by atoms with E-state index in [0.717, 1.165) is 15.7 Å². The minimum atomic E-state index is -0.989. The molecule has 0 spiro atoms. The van der Waals surface area contributed by atoms with Gasteiger partial charge in [-0.2, -0.15) is 0 Å². The molecule has 148 valence electrons. The number of para-hydroxylation sites is 1. The van der Waals surface area contributed by atoms with Gasteiger partial charge < -0.3 is 9.84 Å². The van der Waals surface area contributed by atoms with Crippen LogP contribution in [0.4, 0.5) is 10.5 Å². The molecule has 0 aromatic heterocycles. The second kappa shape index (κ2) is 7.93. The molecule has 29 heavy (non-hydrogen) atoms. The number of carbonyl (C=O) groups is 2. The summed E-state index contributed by atoms with van der Waals surface area (Å²) < 4.78 is 5.68. The zero-order valence-corrected chi connectivity index (χ0v) is 16.1. The summed E-state index contributed by atoms with van der Waals surface area (Å²) in [5.41, 5.74) is 0.655. The van der Waals surface area contributed by atoms with E-state index in [0.29, 0.717) is 11.4 Å². The van der Waals surface area contributed by atoms with Crippen LogP contribution in [0.1, 0.15) is 6.92 Å². The van der Waals surface area contributed by atoms with Crippen molar-refractivity contribution >= 4 is 28.4 Å². The number of urea groups is 1. The Morgan fingerprint density at radius 1 is 0.966 bits per heavy atom.